The number of H-pyrrole nitrogens is 1. The van der Waals surface area contributed by atoms with Crippen LogP contribution in [0.25, 0.3) is 0 Å². The van der Waals surface area contributed by atoms with Crippen LogP contribution in [0.4, 0.5) is 5.69 Å². The highest BCUT2D eigenvalue weighted by Crippen LogP contribution is 2.49. The minimum absolute atomic E-state index is 0.176. The molecule has 0 radical (unpaired) electrons. The maximum absolute atomic E-state index is 11.4. The normalized spacial score (nSPS) is 19.6. The number of anilines is 1. The van der Waals surface area contributed by atoms with Crippen molar-refractivity contribution in [1.29, 1.82) is 0 Å². The standard InChI is InChI=1S/C12H16BrN3O/c13-11-10(6-15-16-12(11)17)14-5-9(7-1-2-7)8-3-4-8/h6-9H,1-5H2,(H2,14,16,17). The summed E-state index contributed by atoms with van der Waals surface area (Å²) in [6.45, 7) is 0.971. The lowest BCUT2D eigenvalue weighted by atomic mass is 9.98. The Kier molecular flexibility index (Phi) is 2.94. The zero-order chi connectivity index (χ0) is 11.8. The number of hydrogen-bond acceptors (Lipinski definition) is 3. The van der Waals surface area contributed by atoms with Gasteiger partial charge in [0.1, 0.15) is 4.47 Å². The van der Waals surface area contributed by atoms with Crippen molar-refractivity contribution >= 4 is 21.6 Å². The van der Waals surface area contributed by atoms with Gasteiger partial charge < -0.3 is 5.32 Å². The van der Waals surface area contributed by atoms with E-state index in [0.717, 1.165) is 30.0 Å². The zero-order valence-electron chi connectivity index (χ0n) is 9.58. The number of hydrogen-bond donors (Lipinski definition) is 2. The summed E-state index contributed by atoms with van der Waals surface area (Å²) in [4.78, 5) is 11.4. The molecule has 2 aliphatic rings. The molecule has 2 aliphatic carbocycles. The summed E-state index contributed by atoms with van der Waals surface area (Å²) in [6.07, 6.45) is 7.22. The van der Waals surface area contributed by atoms with Crippen molar-refractivity contribution in [3.05, 3.63) is 21.0 Å². The first-order valence-corrected chi connectivity index (χ1v) is 7.02. The number of nitrogens with one attached hydrogen (secondary N) is 2. The molecule has 4 nitrogen and oxygen atoms in total. The van der Waals surface area contributed by atoms with Crippen molar-refractivity contribution in [3.8, 4) is 0 Å². The van der Waals surface area contributed by atoms with Crippen molar-refractivity contribution in [3.63, 3.8) is 0 Å². The summed E-state index contributed by atoms with van der Waals surface area (Å²) in [6, 6.07) is 0. The van der Waals surface area contributed by atoms with Crippen molar-refractivity contribution in [2.75, 3.05) is 11.9 Å². The Labute approximate surface area is 108 Å². The first kappa shape index (κ1) is 11.3. The predicted molar refractivity (Wildman–Crippen MR) is 70.0 cm³/mol. The van der Waals surface area contributed by atoms with Gasteiger partial charge in [-0.3, -0.25) is 4.79 Å². The second kappa shape index (κ2) is 4.44. The van der Waals surface area contributed by atoms with Crippen LogP contribution >= 0.6 is 15.9 Å². The molecule has 17 heavy (non-hydrogen) atoms. The largest absolute Gasteiger partial charge is 0.382 e. The average Bonchev–Trinajstić information content (AvgIpc) is 3.14. The van der Waals surface area contributed by atoms with E-state index in [1.807, 2.05) is 0 Å². The van der Waals surface area contributed by atoms with E-state index in [1.165, 1.54) is 25.7 Å². The Morgan fingerprint density at radius 3 is 2.65 bits per heavy atom. The number of aromatic nitrogens is 2. The fraction of sp³-hybridized carbons (Fsp3) is 0.667. The fourth-order valence-corrected chi connectivity index (χ4v) is 2.83. The van der Waals surface area contributed by atoms with Gasteiger partial charge in [0.25, 0.3) is 5.56 Å². The number of rotatable bonds is 5. The molecule has 0 aliphatic heterocycles. The second-order valence-corrected chi connectivity index (χ2v) is 5.94. The van der Waals surface area contributed by atoms with Crippen molar-refractivity contribution in [2.45, 2.75) is 25.7 Å². The minimum Gasteiger partial charge on any atom is -0.382 e. The molecule has 1 aromatic rings. The first-order chi connectivity index (χ1) is 8.25. The summed E-state index contributed by atoms with van der Waals surface area (Å²) in [5.74, 6) is 2.63. The van der Waals surface area contributed by atoms with Crippen LogP contribution in [0.1, 0.15) is 25.7 Å². The third kappa shape index (κ3) is 2.54. The molecule has 5 heteroatoms. The van der Waals surface area contributed by atoms with Crippen molar-refractivity contribution < 1.29 is 0 Å². The van der Waals surface area contributed by atoms with E-state index in [2.05, 4.69) is 31.4 Å². The Morgan fingerprint density at radius 1 is 1.41 bits per heavy atom. The summed E-state index contributed by atoms with van der Waals surface area (Å²) in [7, 11) is 0. The molecule has 1 aromatic heterocycles. The summed E-state index contributed by atoms with van der Waals surface area (Å²) in [5.41, 5.74) is 0.629. The summed E-state index contributed by atoms with van der Waals surface area (Å²) >= 11 is 3.29. The van der Waals surface area contributed by atoms with Crippen LogP contribution in [0, 0.1) is 17.8 Å². The molecule has 0 unspecified atom stereocenters. The summed E-state index contributed by atoms with van der Waals surface area (Å²) in [5, 5.41) is 9.59. The molecule has 3 rings (SSSR count). The maximum atomic E-state index is 11.4. The van der Waals surface area contributed by atoms with Gasteiger partial charge in [0, 0.05) is 6.54 Å². The highest BCUT2D eigenvalue weighted by atomic mass is 79.9. The minimum atomic E-state index is -0.176. The van der Waals surface area contributed by atoms with E-state index >= 15 is 0 Å². The third-order valence-electron chi connectivity index (χ3n) is 3.78. The molecular weight excluding hydrogens is 282 g/mol. The quantitative estimate of drug-likeness (QED) is 0.877. The molecule has 2 fully saturated rings. The first-order valence-electron chi connectivity index (χ1n) is 6.23. The van der Waals surface area contributed by atoms with Crippen LogP contribution in [0.3, 0.4) is 0 Å². The number of halogens is 1. The third-order valence-corrected chi connectivity index (χ3v) is 4.57. The zero-order valence-corrected chi connectivity index (χ0v) is 11.2. The highest BCUT2D eigenvalue weighted by molar-refractivity contribution is 9.10. The number of aromatic amines is 1. The van der Waals surface area contributed by atoms with Gasteiger partial charge >= 0.3 is 0 Å². The lowest BCUT2D eigenvalue weighted by molar-refractivity contribution is 0.428. The molecule has 0 amide bonds. The maximum Gasteiger partial charge on any atom is 0.280 e. The van der Waals surface area contributed by atoms with Crippen LogP contribution in [-0.2, 0) is 0 Å². The predicted octanol–water partition coefficient (Wildman–Crippen LogP) is 2.38. The van der Waals surface area contributed by atoms with E-state index in [1.54, 1.807) is 6.20 Å². The Bertz CT molecular complexity index is 453. The van der Waals surface area contributed by atoms with Gasteiger partial charge in [0.2, 0.25) is 0 Å². The molecule has 2 N–H and O–H groups in total. The molecule has 0 bridgehead atoms. The van der Waals surface area contributed by atoms with Gasteiger partial charge in [-0.2, -0.15) is 5.10 Å². The molecule has 0 aromatic carbocycles. The Balaban J connectivity index is 1.66. The smallest absolute Gasteiger partial charge is 0.280 e. The monoisotopic (exact) mass is 297 g/mol. The molecule has 0 spiro atoms. The SMILES string of the molecule is O=c1[nH]ncc(NCC(C2CC2)C2CC2)c1Br. The summed E-state index contributed by atoms with van der Waals surface area (Å²) < 4.78 is 0.554. The lowest BCUT2D eigenvalue weighted by Crippen LogP contribution is -2.20. The van der Waals surface area contributed by atoms with Gasteiger partial charge in [-0.05, 0) is 59.4 Å². The molecule has 0 saturated heterocycles. The van der Waals surface area contributed by atoms with Crippen LogP contribution in [0.5, 0.6) is 0 Å². The van der Waals surface area contributed by atoms with Gasteiger partial charge in [-0.1, -0.05) is 0 Å². The Morgan fingerprint density at radius 2 is 2.06 bits per heavy atom. The topological polar surface area (TPSA) is 57.8 Å². The molecular formula is C12H16BrN3O. The van der Waals surface area contributed by atoms with Gasteiger partial charge in [-0.25, -0.2) is 5.10 Å². The van der Waals surface area contributed by atoms with E-state index in [0.29, 0.717) is 4.47 Å². The lowest BCUT2D eigenvalue weighted by Gasteiger charge is -2.17. The van der Waals surface area contributed by atoms with Gasteiger partial charge in [-0.15, -0.1) is 0 Å². The second-order valence-electron chi connectivity index (χ2n) is 5.15. The molecule has 0 atom stereocenters. The van der Waals surface area contributed by atoms with E-state index in [9.17, 15) is 4.79 Å². The van der Waals surface area contributed by atoms with Crippen LogP contribution in [0.2, 0.25) is 0 Å². The fourth-order valence-electron chi connectivity index (χ4n) is 2.50. The van der Waals surface area contributed by atoms with Gasteiger partial charge in [0.15, 0.2) is 0 Å². The van der Waals surface area contributed by atoms with Crippen LogP contribution in [-0.4, -0.2) is 16.7 Å². The van der Waals surface area contributed by atoms with E-state index in [4.69, 9.17) is 0 Å². The Hall–Kier alpha value is -0.840. The van der Waals surface area contributed by atoms with Crippen LogP contribution in [0.15, 0.2) is 15.5 Å². The van der Waals surface area contributed by atoms with Crippen LogP contribution < -0.4 is 10.9 Å². The van der Waals surface area contributed by atoms with E-state index < -0.39 is 0 Å². The van der Waals surface area contributed by atoms with Gasteiger partial charge in [0.05, 0.1) is 11.9 Å². The molecule has 1 heterocycles. The van der Waals surface area contributed by atoms with E-state index in [-0.39, 0.29) is 5.56 Å². The average molecular weight is 298 g/mol. The van der Waals surface area contributed by atoms with Crippen molar-refractivity contribution in [1.82, 2.24) is 10.2 Å². The highest BCUT2D eigenvalue weighted by Gasteiger charge is 2.41. The van der Waals surface area contributed by atoms with Crippen molar-refractivity contribution in [2.24, 2.45) is 17.8 Å². The number of nitrogens with zero attached hydrogens (tertiary/aromatic N) is 1. The molecule has 2 saturated carbocycles. The molecule has 92 valence electrons.